The van der Waals surface area contributed by atoms with Gasteiger partial charge in [0.2, 0.25) is 0 Å². The second-order valence-corrected chi connectivity index (χ2v) is 4.45. The number of rotatable bonds is 2. The van der Waals surface area contributed by atoms with Gasteiger partial charge in [0.1, 0.15) is 0 Å². The van der Waals surface area contributed by atoms with Crippen molar-refractivity contribution in [2.75, 3.05) is 0 Å². The van der Waals surface area contributed by atoms with Crippen LogP contribution in [0.25, 0.3) is 10.9 Å². The maximum Gasteiger partial charge on any atom is 0.336 e. The van der Waals surface area contributed by atoms with E-state index in [1.54, 1.807) is 18.2 Å². The highest BCUT2D eigenvalue weighted by Crippen LogP contribution is 2.29. The lowest BCUT2D eigenvalue weighted by Crippen LogP contribution is -2.01. The molecule has 0 atom stereocenters. The van der Waals surface area contributed by atoms with Gasteiger partial charge in [0.15, 0.2) is 0 Å². The molecule has 1 heterocycles. The number of aryl methyl sites for hydroxylation is 1. The SMILES string of the molecule is CCc1cc(C(=O)O)c2cc(Cl)cc(Cl)c2n1. The molecule has 2 rings (SSSR count). The van der Waals surface area contributed by atoms with Crippen LogP contribution in [-0.4, -0.2) is 16.1 Å². The van der Waals surface area contributed by atoms with Gasteiger partial charge in [-0.3, -0.25) is 4.98 Å². The fourth-order valence-electron chi connectivity index (χ4n) is 1.66. The van der Waals surface area contributed by atoms with Gasteiger partial charge in [-0.1, -0.05) is 30.1 Å². The number of halogens is 2. The van der Waals surface area contributed by atoms with Gasteiger partial charge in [0.05, 0.1) is 16.1 Å². The van der Waals surface area contributed by atoms with E-state index in [4.69, 9.17) is 23.2 Å². The summed E-state index contributed by atoms with van der Waals surface area (Å²) in [6.07, 6.45) is 0.648. The van der Waals surface area contributed by atoms with Crippen molar-refractivity contribution in [3.8, 4) is 0 Å². The fourth-order valence-corrected chi connectivity index (χ4v) is 2.20. The molecule has 1 N–H and O–H groups in total. The summed E-state index contributed by atoms with van der Waals surface area (Å²) in [6.45, 7) is 1.91. The molecule has 0 aliphatic heterocycles. The first-order valence-corrected chi connectivity index (χ1v) is 5.80. The third kappa shape index (κ3) is 2.21. The largest absolute Gasteiger partial charge is 0.478 e. The molecule has 88 valence electrons. The third-order valence-corrected chi connectivity index (χ3v) is 2.98. The summed E-state index contributed by atoms with van der Waals surface area (Å²) in [7, 11) is 0. The number of aromatic carboxylic acids is 1. The molecule has 1 aromatic heterocycles. The van der Waals surface area contributed by atoms with Crippen LogP contribution in [0.5, 0.6) is 0 Å². The van der Waals surface area contributed by atoms with Gasteiger partial charge in [0.25, 0.3) is 0 Å². The highest BCUT2D eigenvalue weighted by molar-refractivity contribution is 6.38. The Kier molecular flexibility index (Phi) is 3.22. The Balaban J connectivity index is 2.90. The Labute approximate surface area is 108 Å². The van der Waals surface area contributed by atoms with Crippen molar-refractivity contribution in [2.45, 2.75) is 13.3 Å². The van der Waals surface area contributed by atoms with Crippen molar-refractivity contribution in [3.05, 3.63) is 39.5 Å². The molecule has 2 aromatic rings. The molecule has 0 radical (unpaired) electrons. The zero-order valence-corrected chi connectivity index (χ0v) is 10.5. The van der Waals surface area contributed by atoms with Crippen molar-refractivity contribution in [3.63, 3.8) is 0 Å². The molecule has 0 saturated carbocycles. The van der Waals surface area contributed by atoms with Crippen LogP contribution in [0.15, 0.2) is 18.2 Å². The van der Waals surface area contributed by atoms with Gasteiger partial charge in [-0.25, -0.2) is 4.79 Å². The van der Waals surface area contributed by atoms with Gasteiger partial charge in [-0.2, -0.15) is 0 Å². The summed E-state index contributed by atoms with van der Waals surface area (Å²) >= 11 is 11.9. The molecular formula is C12H9Cl2NO2. The summed E-state index contributed by atoms with van der Waals surface area (Å²) in [5.74, 6) is -1.01. The van der Waals surface area contributed by atoms with Gasteiger partial charge in [0, 0.05) is 16.1 Å². The summed E-state index contributed by atoms with van der Waals surface area (Å²) in [4.78, 5) is 15.5. The Morgan fingerprint density at radius 3 is 2.65 bits per heavy atom. The smallest absolute Gasteiger partial charge is 0.336 e. The van der Waals surface area contributed by atoms with Crippen LogP contribution in [-0.2, 0) is 6.42 Å². The van der Waals surface area contributed by atoms with Crippen molar-refractivity contribution >= 4 is 40.1 Å². The van der Waals surface area contributed by atoms with E-state index in [9.17, 15) is 9.90 Å². The van der Waals surface area contributed by atoms with Gasteiger partial charge in [-0.15, -0.1) is 0 Å². The Hall–Kier alpha value is -1.32. The number of carboxylic acid groups (broad SMARTS) is 1. The Morgan fingerprint density at radius 1 is 1.35 bits per heavy atom. The molecule has 0 saturated heterocycles. The van der Waals surface area contributed by atoms with E-state index in [0.717, 1.165) is 0 Å². The molecule has 0 amide bonds. The summed E-state index contributed by atoms with van der Waals surface area (Å²) in [5, 5.41) is 10.4. The number of benzene rings is 1. The molecular weight excluding hydrogens is 261 g/mol. The molecule has 0 aliphatic carbocycles. The number of hydrogen-bond donors (Lipinski definition) is 1. The molecule has 17 heavy (non-hydrogen) atoms. The second-order valence-electron chi connectivity index (χ2n) is 3.60. The average molecular weight is 270 g/mol. The molecule has 5 heteroatoms. The van der Waals surface area contributed by atoms with Crippen LogP contribution in [0, 0.1) is 0 Å². The first-order valence-electron chi connectivity index (χ1n) is 5.05. The fraction of sp³-hybridized carbons (Fsp3) is 0.167. The van der Waals surface area contributed by atoms with Gasteiger partial charge < -0.3 is 5.11 Å². The van der Waals surface area contributed by atoms with Crippen LogP contribution < -0.4 is 0 Å². The topological polar surface area (TPSA) is 50.2 Å². The van der Waals surface area contributed by atoms with E-state index in [-0.39, 0.29) is 5.56 Å². The molecule has 3 nitrogen and oxygen atoms in total. The van der Waals surface area contributed by atoms with Crippen LogP contribution in [0.1, 0.15) is 23.0 Å². The first-order chi connectivity index (χ1) is 8.02. The highest BCUT2D eigenvalue weighted by atomic mass is 35.5. The van der Waals surface area contributed by atoms with Crippen LogP contribution >= 0.6 is 23.2 Å². The monoisotopic (exact) mass is 269 g/mol. The van der Waals surface area contributed by atoms with Crippen molar-refractivity contribution in [1.29, 1.82) is 0 Å². The number of fused-ring (bicyclic) bond motifs is 1. The number of carboxylic acids is 1. The Bertz CT molecular complexity index is 611. The number of carbonyl (C=O) groups is 1. The van der Waals surface area contributed by atoms with Crippen LogP contribution in [0.2, 0.25) is 10.0 Å². The van der Waals surface area contributed by atoms with E-state index in [1.165, 1.54) is 0 Å². The van der Waals surface area contributed by atoms with Gasteiger partial charge >= 0.3 is 5.97 Å². The van der Waals surface area contributed by atoms with Crippen molar-refractivity contribution in [2.24, 2.45) is 0 Å². The molecule has 0 bridgehead atoms. The van der Waals surface area contributed by atoms with E-state index in [1.807, 2.05) is 6.92 Å². The normalized spacial score (nSPS) is 10.8. The zero-order valence-electron chi connectivity index (χ0n) is 9.00. The predicted octanol–water partition coefficient (Wildman–Crippen LogP) is 3.80. The second kappa shape index (κ2) is 4.51. The van der Waals surface area contributed by atoms with E-state index in [0.29, 0.717) is 33.1 Å². The highest BCUT2D eigenvalue weighted by Gasteiger charge is 2.14. The van der Waals surface area contributed by atoms with E-state index in [2.05, 4.69) is 4.98 Å². The Morgan fingerprint density at radius 2 is 2.06 bits per heavy atom. The van der Waals surface area contributed by atoms with Crippen molar-refractivity contribution < 1.29 is 9.90 Å². The van der Waals surface area contributed by atoms with Crippen LogP contribution in [0.3, 0.4) is 0 Å². The lowest BCUT2D eigenvalue weighted by Gasteiger charge is -2.07. The van der Waals surface area contributed by atoms with E-state index < -0.39 is 5.97 Å². The molecule has 0 fully saturated rings. The van der Waals surface area contributed by atoms with Crippen molar-refractivity contribution in [1.82, 2.24) is 4.98 Å². The lowest BCUT2D eigenvalue weighted by molar-refractivity contribution is 0.0699. The quantitative estimate of drug-likeness (QED) is 0.902. The van der Waals surface area contributed by atoms with E-state index >= 15 is 0 Å². The third-order valence-electron chi connectivity index (χ3n) is 2.48. The number of hydrogen-bond acceptors (Lipinski definition) is 2. The van der Waals surface area contributed by atoms with Crippen LogP contribution in [0.4, 0.5) is 0 Å². The average Bonchev–Trinajstić information content (AvgIpc) is 2.27. The molecule has 0 spiro atoms. The first kappa shape index (κ1) is 12.1. The number of pyridine rings is 1. The maximum atomic E-state index is 11.2. The lowest BCUT2D eigenvalue weighted by atomic mass is 10.1. The van der Waals surface area contributed by atoms with Gasteiger partial charge in [-0.05, 0) is 24.6 Å². The summed E-state index contributed by atoms with van der Waals surface area (Å²) in [5.41, 5.74) is 1.35. The molecule has 0 aliphatic rings. The molecule has 1 aromatic carbocycles. The molecule has 0 unspecified atom stereocenters. The number of nitrogens with zero attached hydrogens (tertiary/aromatic N) is 1. The minimum atomic E-state index is -1.01. The number of aromatic nitrogens is 1. The maximum absolute atomic E-state index is 11.2. The zero-order chi connectivity index (χ0) is 12.6. The minimum absolute atomic E-state index is 0.177. The summed E-state index contributed by atoms with van der Waals surface area (Å²) in [6, 6.07) is 4.68. The predicted molar refractivity (Wildman–Crippen MR) is 68.1 cm³/mol. The standard InChI is InChI=1S/C12H9Cl2NO2/c1-2-7-5-9(12(16)17)8-3-6(13)4-10(14)11(8)15-7/h3-5H,2H2,1H3,(H,16,17). The minimum Gasteiger partial charge on any atom is -0.478 e. The summed E-state index contributed by atoms with van der Waals surface area (Å²) < 4.78 is 0.